The van der Waals surface area contributed by atoms with E-state index in [0.29, 0.717) is 5.69 Å². The predicted molar refractivity (Wildman–Crippen MR) is 154 cm³/mol. The van der Waals surface area contributed by atoms with Crippen LogP contribution in [0.1, 0.15) is 55.0 Å². The Morgan fingerprint density at radius 1 is 0.810 bits per heavy atom. The van der Waals surface area contributed by atoms with Gasteiger partial charge in [0, 0.05) is 35.2 Å². The number of carbonyl (C=O) groups excluding carboxylic acids is 4. The van der Waals surface area contributed by atoms with Crippen LogP contribution in [0.25, 0.3) is 6.08 Å². The molecule has 4 aromatic rings. The topological polar surface area (TPSA) is 80.8 Å². The summed E-state index contributed by atoms with van der Waals surface area (Å²) < 4.78 is 21.0. The van der Waals surface area contributed by atoms with Crippen LogP contribution in [0.5, 0.6) is 5.75 Å². The number of carbonyl (C=O) groups is 4. The SMILES string of the molecule is CC(=O)Oc1ccc(C(=O)[C@H]2[C@H](c3ccccc3F)C3(C(=O)c4ccccc4C3=O)C3C=Cc4ccccc4N32)cc1. The van der Waals surface area contributed by atoms with Crippen molar-refractivity contribution in [3.05, 3.63) is 137 Å². The minimum atomic E-state index is -1.78. The summed E-state index contributed by atoms with van der Waals surface area (Å²) >= 11 is 0. The quantitative estimate of drug-likeness (QED) is 0.131. The van der Waals surface area contributed by atoms with Crippen molar-refractivity contribution in [3.8, 4) is 5.75 Å². The molecular weight excluding hydrogens is 533 g/mol. The van der Waals surface area contributed by atoms with Crippen LogP contribution in [-0.2, 0) is 4.79 Å². The largest absolute Gasteiger partial charge is 0.427 e. The van der Waals surface area contributed by atoms with E-state index in [4.69, 9.17) is 4.74 Å². The van der Waals surface area contributed by atoms with Gasteiger partial charge in [-0.15, -0.1) is 0 Å². The minimum absolute atomic E-state index is 0.127. The van der Waals surface area contributed by atoms with Crippen molar-refractivity contribution in [2.24, 2.45) is 5.41 Å². The van der Waals surface area contributed by atoms with Gasteiger partial charge in [0.25, 0.3) is 0 Å². The van der Waals surface area contributed by atoms with E-state index in [1.54, 1.807) is 48.5 Å². The number of hydrogen-bond acceptors (Lipinski definition) is 6. The molecule has 3 aliphatic rings. The summed E-state index contributed by atoms with van der Waals surface area (Å²) in [6.07, 6.45) is 3.66. The Morgan fingerprint density at radius 2 is 1.43 bits per heavy atom. The molecule has 6 nitrogen and oxygen atoms in total. The fourth-order valence-corrected chi connectivity index (χ4v) is 7.01. The summed E-state index contributed by atoms with van der Waals surface area (Å²) in [6.45, 7) is 1.28. The van der Waals surface area contributed by atoms with Gasteiger partial charge < -0.3 is 9.64 Å². The number of benzene rings is 4. The normalized spacial score (nSPS) is 21.2. The highest BCUT2D eigenvalue weighted by atomic mass is 19.1. The second kappa shape index (κ2) is 9.45. The molecule has 42 heavy (non-hydrogen) atoms. The number of Topliss-reactive ketones (excluding diaryl/α,β-unsaturated/α-hetero) is 3. The van der Waals surface area contributed by atoms with Gasteiger partial charge in [-0.1, -0.05) is 72.8 Å². The molecule has 0 saturated carbocycles. The molecule has 0 amide bonds. The van der Waals surface area contributed by atoms with Crippen molar-refractivity contribution in [2.45, 2.75) is 24.9 Å². The monoisotopic (exact) mass is 557 g/mol. The van der Waals surface area contributed by atoms with Gasteiger partial charge in [-0.3, -0.25) is 19.2 Å². The number of hydrogen-bond donors (Lipinski definition) is 0. The highest BCUT2D eigenvalue weighted by Gasteiger charge is 2.71. The predicted octanol–water partition coefficient (Wildman–Crippen LogP) is 6.07. The number of nitrogens with zero attached hydrogens (tertiary/aromatic N) is 1. The molecular formula is C35H24FNO5. The first-order valence-electron chi connectivity index (χ1n) is 13.7. The molecule has 1 aliphatic carbocycles. The second-order valence-electron chi connectivity index (χ2n) is 10.8. The maximum atomic E-state index is 15.8. The summed E-state index contributed by atoms with van der Waals surface area (Å²) in [4.78, 5) is 57.1. The van der Waals surface area contributed by atoms with Crippen LogP contribution < -0.4 is 9.64 Å². The first kappa shape index (κ1) is 25.8. The van der Waals surface area contributed by atoms with Crippen molar-refractivity contribution in [3.63, 3.8) is 0 Å². The van der Waals surface area contributed by atoms with E-state index in [-0.39, 0.29) is 33.8 Å². The highest BCUT2D eigenvalue weighted by Crippen LogP contribution is 2.61. The van der Waals surface area contributed by atoms with Gasteiger partial charge in [0.2, 0.25) is 0 Å². The Labute approximate surface area is 241 Å². The maximum absolute atomic E-state index is 15.8. The van der Waals surface area contributed by atoms with Crippen LogP contribution >= 0.6 is 0 Å². The van der Waals surface area contributed by atoms with E-state index in [1.807, 2.05) is 35.2 Å². The van der Waals surface area contributed by atoms with E-state index in [9.17, 15) is 19.2 Å². The third-order valence-electron chi connectivity index (χ3n) is 8.62. The summed E-state index contributed by atoms with van der Waals surface area (Å²) in [5, 5.41) is 0. The van der Waals surface area contributed by atoms with E-state index in [2.05, 4.69) is 0 Å². The van der Waals surface area contributed by atoms with Gasteiger partial charge in [-0.25, -0.2) is 4.39 Å². The van der Waals surface area contributed by atoms with Crippen LogP contribution in [-0.4, -0.2) is 35.4 Å². The fourth-order valence-electron chi connectivity index (χ4n) is 7.01. The lowest BCUT2D eigenvalue weighted by molar-refractivity contribution is -0.131. The molecule has 3 atom stereocenters. The average Bonchev–Trinajstić information content (AvgIpc) is 3.43. The average molecular weight is 558 g/mol. The molecule has 1 saturated heterocycles. The summed E-state index contributed by atoms with van der Waals surface area (Å²) in [5.74, 6) is -3.20. The summed E-state index contributed by atoms with van der Waals surface area (Å²) in [6, 6.07) is 24.3. The molecule has 2 heterocycles. The number of para-hydroxylation sites is 1. The maximum Gasteiger partial charge on any atom is 0.308 e. The lowest BCUT2D eigenvalue weighted by Crippen LogP contribution is -2.48. The fraction of sp³-hybridized carbons (Fsp3) is 0.143. The number of halogens is 1. The summed E-state index contributed by atoms with van der Waals surface area (Å²) in [7, 11) is 0. The van der Waals surface area contributed by atoms with E-state index < -0.39 is 46.8 Å². The minimum Gasteiger partial charge on any atom is -0.427 e. The lowest BCUT2D eigenvalue weighted by Gasteiger charge is -2.37. The standard InChI is InChI=1S/C35H24FNO5/c1-20(38)42-23-17-14-22(15-18-23)32(39)31-30(26-11-5-6-12-27(26)36)35(33(40)24-9-3-4-10-25(24)34(35)41)29-19-16-21-8-2-7-13-28(21)37(29)31/h2-19,29-31H,1H3/t29?,30-,31+/m0/s1. The van der Waals surface area contributed by atoms with Crippen LogP contribution in [0.15, 0.2) is 103 Å². The van der Waals surface area contributed by atoms with Gasteiger partial charge in [0.1, 0.15) is 23.0 Å². The zero-order valence-corrected chi connectivity index (χ0v) is 22.5. The third-order valence-corrected chi connectivity index (χ3v) is 8.62. The van der Waals surface area contributed by atoms with E-state index in [1.165, 1.54) is 37.3 Å². The van der Waals surface area contributed by atoms with Gasteiger partial charge in [0.05, 0.1) is 6.04 Å². The van der Waals surface area contributed by atoms with Gasteiger partial charge in [0.15, 0.2) is 17.3 Å². The molecule has 206 valence electrons. The van der Waals surface area contributed by atoms with Crippen molar-refractivity contribution in [1.82, 2.24) is 0 Å². The van der Waals surface area contributed by atoms with Gasteiger partial charge in [-0.05, 0) is 47.5 Å². The molecule has 7 rings (SSSR count). The Hall–Kier alpha value is -5.17. The molecule has 0 aromatic heterocycles. The number of ether oxygens (including phenoxy) is 1. The van der Waals surface area contributed by atoms with Gasteiger partial charge >= 0.3 is 5.97 Å². The number of rotatable bonds is 4. The van der Waals surface area contributed by atoms with Crippen molar-refractivity contribution < 1.29 is 28.3 Å². The molecule has 1 unspecified atom stereocenters. The molecule has 1 spiro atoms. The van der Waals surface area contributed by atoms with Crippen LogP contribution in [0.2, 0.25) is 0 Å². The van der Waals surface area contributed by atoms with Crippen molar-refractivity contribution in [2.75, 3.05) is 4.90 Å². The second-order valence-corrected chi connectivity index (χ2v) is 10.8. The zero-order valence-electron chi connectivity index (χ0n) is 22.5. The first-order chi connectivity index (χ1) is 20.3. The molecule has 0 bridgehead atoms. The number of anilines is 1. The van der Waals surface area contributed by atoms with Crippen LogP contribution in [0.3, 0.4) is 0 Å². The molecule has 0 N–H and O–H groups in total. The highest BCUT2D eigenvalue weighted by molar-refractivity contribution is 6.32. The number of ketones is 3. The Morgan fingerprint density at radius 3 is 2.10 bits per heavy atom. The lowest BCUT2D eigenvalue weighted by atomic mass is 9.64. The molecule has 0 radical (unpaired) electrons. The molecule has 1 fully saturated rings. The molecule has 2 aliphatic heterocycles. The first-order valence-corrected chi connectivity index (χ1v) is 13.7. The van der Waals surface area contributed by atoms with Gasteiger partial charge in [-0.2, -0.15) is 0 Å². The number of esters is 1. The Balaban J connectivity index is 1.50. The van der Waals surface area contributed by atoms with E-state index in [0.717, 1.165) is 5.56 Å². The van der Waals surface area contributed by atoms with Crippen molar-refractivity contribution >= 4 is 35.1 Å². The van der Waals surface area contributed by atoms with Crippen molar-refractivity contribution in [1.29, 1.82) is 0 Å². The smallest absolute Gasteiger partial charge is 0.308 e. The number of fused-ring (bicyclic) bond motifs is 5. The van der Waals surface area contributed by atoms with Crippen LogP contribution in [0, 0.1) is 11.2 Å². The summed E-state index contributed by atoms with van der Waals surface area (Å²) in [5.41, 5.74) is 0.655. The molecule has 4 aromatic carbocycles. The Kier molecular flexibility index (Phi) is 5.80. The zero-order chi connectivity index (χ0) is 29.2. The third kappa shape index (κ3) is 3.49. The van der Waals surface area contributed by atoms with Crippen LogP contribution in [0.4, 0.5) is 10.1 Å². The molecule has 7 heteroatoms. The Bertz CT molecular complexity index is 1810. The van der Waals surface area contributed by atoms with E-state index >= 15 is 4.39 Å².